The number of benzene rings is 1. The fourth-order valence-electron chi connectivity index (χ4n) is 1.38. The highest BCUT2D eigenvalue weighted by molar-refractivity contribution is 5.78. The number of aromatic nitrogens is 2. The monoisotopic (exact) mass is 197 g/mol. The standard InChI is InChI=1S/C9H9F2N3/c10-9(11)4-14-5-13-7-3-6(12)1-2-8(7)14/h1-3,5,9H,4,12H2. The van der Waals surface area contributed by atoms with Gasteiger partial charge in [-0.25, -0.2) is 13.8 Å². The second-order valence-corrected chi connectivity index (χ2v) is 3.04. The lowest BCUT2D eigenvalue weighted by molar-refractivity contribution is 0.128. The Labute approximate surface area is 79.2 Å². The Morgan fingerprint density at radius 1 is 1.43 bits per heavy atom. The molecule has 0 aliphatic carbocycles. The second kappa shape index (κ2) is 3.25. The van der Waals surface area contributed by atoms with E-state index in [9.17, 15) is 8.78 Å². The molecule has 1 aromatic carbocycles. The number of nitrogens with zero attached hydrogens (tertiary/aromatic N) is 2. The Balaban J connectivity index is 2.47. The van der Waals surface area contributed by atoms with E-state index in [0.717, 1.165) is 0 Å². The summed E-state index contributed by atoms with van der Waals surface area (Å²) >= 11 is 0. The molecule has 0 fully saturated rings. The van der Waals surface area contributed by atoms with Gasteiger partial charge in [-0.1, -0.05) is 0 Å². The van der Waals surface area contributed by atoms with Crippen LogP contribution in [0, 0.1) is 0 Å². The smallest absolute Gasteiger partial charge is 0.256 e. The molecule has 2 N–H and O–H groups in total. The highest BCUT2D eigenvalue weighted by Gasteiger charge is 2.07. The van der Waals surface area contributed by atoms with Gasteiger partial charge in [0.1, 0.15) is 0 Å². The fraction of sp³-hybridized carbons (Fsp3) is 0.222. The van der Waals surface area contributed by atoms with E-state index in [1.54, 1.807) is 18.2 Å². The van der Waals surface area contributed by atoms with Crippen LogP contribution in [0.2, 0.25) is 0 Å². The summed E-state index contributed by atoms with van der Waals surface area (Å²) in [6.45, 7) is -0.333. The molecule has 0 aliphatic heterocycles. The van der Waals surface area contributed by atoms with Gasteiger partial charge in [-0.2, -0.15) is 0 Å². The van der Waals surface area contributed by atoms with Crippen LogP contribution in [0.5, 0.6) is 0 Å². The first kappa shape index (κ1) is 8.93. The van der Waals surface area contributed by atoms with E-state index in [-0.39, 0.29) is 6.54 Å². The molecule has 14 heavy (non-hydrogen) atoms. The van der Waals surface area contributed by atoms with E-state index in [1.807, 2.05) is 0 Å². The predicted octanol–water partition coefficient (Wildman–Crippen LogP) is 1.88. The summed E-state index contributed by atoms with van der Waals surface area (Å²) in [5.41, 5.74) is 7.44. The highest BCUT2D eigenvalue weighted by Crippen LogP contribution is 2.16. The summed E-state index contributed by atoms with van der Waals surface area (Å²) in [6, 6.07) is 5.03. The molecule has 1 heterocycles. The minimum absolute atomic E-state index is 0.333. The van der Waals surface area contributed by atoms with Gasteiger partial charge in [0.05, 0.1) is 23.9 Å². The van der Waals surface area contributed by atoms with Gasteiger partial charge in [-0.3, -0.25) is 0 Å². The van der Waals surface area contributed by atoms with Crippen molar-refractivity contribution < 1.29 is 8.78 Å². The first-order valence-electron chi connectivity index (χ1n) is 4.15. The normalized spacial score (nSPS) is 11.4. The topological polar surface area (TPSA) is 43.8 Å². The molecule has 0 radical (unpaired) electrons. The van der Waals surface area contributed by atoms with Crippen LogP contribution in [0.25, 0.3) is 11.0 Å². The molecular formula is C9H9F2N3. The van der Waals surface area contributed by atoms with Gasteiger partial charge < -0.3 is 10.3 Å². The van der Waals surface area contributed by atoms with Crippen molar-refractivity contribution in [3.05, 3.63) is 24.5 Å². The maximum atomic E-state index is 12.1. The summed E-state index contributed by atoms with van der Waals surface area (Å²) in [6.07, 6.45) is -0.971. The first-order valence-corrected chi connectivity index (χ1v) is 4.15. The molecule has 0 atom stereocenters. The molecular weight excluding hydrogens is 188 g/mol. The number of halogens is 2. The van der Waals surface area contributed by atoms with Crippen molar-refractivity contribution in [2.75, 3.05) is 5.73 Å². The van der Waals surface area contributed by atoms with Crippen molar-refractivity contribution in [3.63, 3.8) is 0 Å². The van der Waals surface area contributed by atoms with E-state index in [0.29, 0.717) is 16.7 Å². The molecule has 1 aromatic heterocycles. The molecule has 0 saturated carbocycles. The average Bonchev–Trinajstić information content (AvgIpc) is 2.47. The lowest BCUT2D eigenvalue weighted by atomic mass is 10.3. The van der Waals surface area contributed by atoms with Crippen LogP contribution >= 0.6 is 0 Å². The average molecular weight is 197 g/mol. The molecule has 2 rings (SSSR count). The van der Waals surface area contributed by atoms with Crippen molar-refractivity contribution >= 4 is 16.7 Å². The molecule has 0 unspecified atom stereocenters. The van der Waals surface area contributed by atoms with Crippen LogP contribution in [-0.2, 0) is 6.54 Å². The number of hydrogen-bond donors (Lipinski definition) is 1. The zero-order valence-electron chi connectivity index (χ0n) is 7.32. The van der Waals surface area contributed by atoms with E-state index >= 15 is 0 Å². The van der Waals surface area contributed by atoms with Gasteiger partial charge in [-0.15, -0.1) is 0 Å². The fourth-order valence-corrected chi connectivity index (χ4v) is 1.38. The molecule has 2 aromatic rings. The van der Waals surface area contributed by atoms with Crippen LogP contribution in [0.3, 0.4) is 0 Å². The van der Waals surface area contributed by atoms with Crippen molar-refractivity contribution in [2.45, 2.75) is 13.0 Å². The Morgan fingerprint density at radius 3 is 2.93 bits per heavy atom. The van der Waals surface area contributed by atoms with Crippen molar-refractivity contribution in [2.24, 2.45) is 0 Å². The number of rotatable bonds is 2. The van der Waals surface area contributed by atoms with E-state index in [4.69, 9.17) is 5.73 Å². The van der Waals surface area contributed by atoms with Crippen LogP contribution in [0.15, 0.2) is 24.5 Å². The summed E-state index contributed by atoms with van der Waals surface area (Å²) < 4.78 is 25.7. The number of anilines is 1. The molecule has 74 valence electrons. The maximum absolute atomic E-state index is 12.1. The minimum atomic E-state index is -2.37. The Bertz CT molecular complexity index is 450. The van der Waals surface area contributed by atoms with Crippen LogP contribution in [0.1, 0.15) is 0 Å². The van der Waals surface area contributed by atoms with E-state index in [2.05, 4.69) is 4.98 Å². The van der Waals surface area contributed by atoms with Gasteiger partial charge in [0, 0.05) is 5.69 Å². The number of nitrogens with two attached hydrogens (primary N) is 1. The van der Waals surface area contributed by atoms with Crippen LogP contribution < -0.4 is 5.73 Å². The predicted molar refractivity (Wildman–Crippen MR) is 50.1 cm³/mol. The first-order chi connectivity index (χ1) is 6.66. The molecule has 0 spiro atoms. The maximum Gasteiger partial charge on any atom is 0.256 e. The Hall–Kier alpha value is -1.65. The number of alkyl halides is 2. The van der Waals surface area contributed by atoms with Crippen molar-refractivity contribution in [1.82, 2.24) is 9.55 Å². The van der Waals surface area contributed by atoms with Gasteiger partial charge in [0.25, 0.3) is 6.43 Å². The van der Waals surface area contributed by atoms with Gasteiger partial charge >= 0.3 is 0 Å². The SMILES string of the molecule is Nc1ccc2c(c1)ncn2CC(F)F. The lowest BCUT2D eigenvalue weighted by Crippen LogP contribution is -2.04. The van der Waals surface area contributed by atoms with E-state index < -0.39 is 6.43 Å². The highest BCUT2D eigenvalue weighted by atomic mass is 19.3. The largest absolute Gasteiger partial charge is 0.399 e. The number of imidazole rings is 1. The molecule has 5 heteroatoms. The molecule has 0 saturated heterocycles. The molecule has 0 aliphatic rings. The third kappa shape index (κ3) is 1.53. The summed E-state index contributed by atoms with van der Waals surface area (Å²) in [5.74, 6) is 0. The van der Waals surface area contributed by atoms with Gasteiger partial charge in [-0.05, 0) is 18.2 Å². The lowest BCUT2D eigenvalue weighted by Gasteiger charge is -2.02. The van der Waals surface area contributed by atoms with Gasteiger partial charge in [0.15, 0.2) is 0 Å². The quantitative estimate of drug-likeness (QED) is 0.747. The number of hydrogen-bond acceptors (Lipinski definition) is 2. The zero-order chi connectivity index (χ0) is 10.1. The third-order valence-electron chi connectivity index (χ3n) is 1.98. The number of nitrogen functional groups attached to an aromatic ring is 1. The summed E-state index contributed by atoms with van der Waals surface area (Å²) in [7, 11) is 0. The van der Waals surface area contributed by atoms with Crippen molar-refractivity contribution in [3.8, 4) is 0 Å². The Morgan fingerprint density at radius 2 is 2.21 bits per heavy atom. The third-order valence-corrected chi connectivity index (χ3v) is 1.98. The minimum Gasteiger partial charge on any atom is -0.399 e. The Kier molecular flexibility index (Phi) is 2.07. The molecule has 3 nitrogen and oxygen atoms in total. The summed E-state index contributed by atoms with van der Waals surface area (Å²) in [5, 5.41) is 0. The van der Waals surface area contributed by atoms with Crippen LogP contribution in [0.4, 0.5) is 14.5 Å². The van der Waals surface area contributed by atoms with Crippen molar-refractivity contribution in [1.29, 1.82) is 0 Å². The van der Waals surface area contributed by atoms with E-state index in [1.165, 1.54) is 10.9 Å². The zero-order valence-corrected chi connectivity index (χ0v) is 7.32. The molecule has 0 bridgehead atoms. The van der Waals surface area contributed by atoms with Gasteiger partial charge in [0.2, 0.25) is 0 Å². The van der Waals surface area contributed by atoms with Crippen LogP contribution in [-0.4, -0.2) is 16.0 Å². The molecule has 0 amide bonds. The number of fused-ring (bicyclic) bond motifs is 1. The second-order valence-electron chi connectivity index (χ2n) is 3.04. The summed E-state index contributed by atoms with van der Waals surface area (Å²) in [4.78, 5) is 3.98.